The number of unbranched alkanes of at least 4 members (excludes halogenated alkanes) is 4. The van der Waals surface area contributed by atoms with Gasteiger partial charge in [0.25, 0.3) is 5.56 Å². The average Bonchev–Trinajstić information content (AvgIpc) is 2.55. The molecule has 3 N–H and O–H groups in total. The van der Waals surface area contributed by atoms with Crippen LogP contribution in [-0.2, 0) is 11.3 Å². The highest BCUT2D eigenvalue weighted by Crippen LogP contribution is 2.10. The first-order chi connectivity index (χ1) is 11.5. The van der Waals surface area contributed by atoms with Crippen molar-refractivity contribution in [2.24, 2.45) is 5.10 Å². The van der Waals surface area contributed by atoms with Crippen LogP contribution in [0.25, 0.3) is 0 Å². The molecule has 0 atom stereocenters. The topological polar surface area (TPSA) is 117 Å². The van der Waals surface area contributed by atoms with Crippen molar-refractivity contribution >= 4 is 12.1 Å². The molecule has 0 aliphatic heterocycles. The molecule has 8 nitrogen and oxygen atoms in total. The number of carbonyl (C=O) groups excluding carboxylic acids is 1. The van der Waals surface area contributed by atoms with E-state index in [1.807, 2.05) is 6.92 Å². The van der Waals surface area contributed by atoms with Gasteiger partial charge in [-0.25, -0.2) is 10.2 Å². The van der Waals surface area contributed by atoms with Crippen LogP contribution in [0.1, 0.15) is 64.4 Å². The molecule has 0 bridgehead atoms. The number of aromatic amines is 1. The van der Waals surface area contributed by atoms with Crippen molar-refractivity contribution in [2.75, 3.05) is 0 Å². The summed E-state index contributed by atoms with van der Waals surface area (Å²) in [5, 5.41) is 13.8. The number of hydrogen-bond donors (Lipinski definition) is 3. The number of hydrogen-bond acceptors (Lipinski definition) is 5. The van der Waals surface area contributed by atoms with Crippen molar-refractivity contribution in [3.63, 3.8) is 0 Å². The predicted octanol–water partition coefficient (Wildman–Crippen LogP) is 1.46. The number of hydrazone groups is 1. The Balaban J connectivity index is 2.85. The van der Waals surface area contributed by atoms with E-state index < -0.39 is 17.1 Å². The molecule has 1 heterocycles. The average molecular weight is 338 g/mol. The Kier molecular flexibility index (Phi) is 8.53. The van der Waals surface area contributed by atoms with E-state index in [0.29, 0.717) is 13.0 Å². The van der Waals surface area contributed by atoms with Crippen LogP contribution in [0.3, 0.4) is 0 Å². The summed E-state index contributed by atoms with van der Waals surface area (Å²) in [6.07, 6.45) is 6.78. The molecule has 0 aromatic carbocycles. The third-order valence-electron chi connectivity index (χ3n) is 3.58. The highest BCUT2D eigenvalue weighted by atomic mass is 16.3. The van der Waals surface area contributed by atoms with Gasteiger partial charge in [-0.15, -0.1) is 0 Å². The van der Waals surface area contributed by atoms with E-state index in [4.69, 9.17) is 0 Å². The van der Waals surface area contributed by atoms with E-state index in [1.54, 1.807) is 0 Å². The second-order valence-corrected chi connectivity index (χ2v) is 5.61. The number of amides is 1. The zero-order valence-corrected chi connectivity index (χ0v) is 14.3. The monoisotopic (exact) mass is 338 g/mol. The highest BCUT2D eigenvalue weighted by Gasteiger charge is 2.12. The van der Waals surface area contributed by atoms with Gasteiger partial charge in [0.1, 0.15) is 5.56 Å². The van der Waals surface area contributed by atoms with E-state index in [-0.39, 0.29) is 11.5 Å². The smallest absolute Gasteiger partial charge is 0.331 e. The molecule has 1 rings (SSSR count). The third-order valence-corrected chi connectivity index (χ3v) is 3.58. The molecule has 24 heavy (non-hydrogen) atoms. The number of nitrogens with one attached hydrogen (secondary N) is 2. The fourth-order valence-electron chi connectivity index (χ4n) is 2.16. The van der Waals surface area contributed by atoms with E-state index in [0.717, 1.165) is 49.3 Å². The lowest BCUT2D eigenvalue weighted by Crippen LogP contribution is -2.32. The SMILES string of the molecule is CCCCCCn1c(O)c(C=NNC(=O)CCCC)c(=O)[nH]c1=O. The van der Waals surface area contributed by atoms with Gasteiger partial charge in [0.15, 0.2) is 0 Å². The van der Waals surface area contributed by atoms with Crippen molar-refractivity contribution in [1.29, 1.82) is 0 Å². The summed E-state index contributed by atoms with van der Waals surface area (Å²) in [7, 11) is 0. The Bertz CT molecular complexity index is 676. The van der Waals surface area contributed by atoms with Crippen molar-refractivity contribution < 1.29 is 9.90 Å². The number of aromatic nitrogens is 2. The minimum Gasteiger partial charge on any atom is -0.494 e. The number of carbonyl (C=O) groups is 1. The zero-order chi connectivity index (χ0) is 17.9. The molecule has 0 saturated carbocycles. The summed E-state index contributed by atoms with van der Waals surface area (Å²) < 4.78 is 1.11. The number of nitrogens with zero attached hydrogens (tertiary/aromatic N) is 2. The lowest BCUT2D eigenvalue weighted by molar-refractivity contribution is -0.121. The summed E-state index contributed by atoms with van der Waals surface area (Å²) in [6.45, 7) is 4.36. The largest absolute Gasteiger partial charge is 0.494 e. The van der Waals surface area contributed by atoms with Gasteiger partial charge in [-0.05, 0) is 12.8 Å². The first-order valence-corrected chi connectivity index (χ1v) is 8.39. The van der Waals surface area contributed by atoms with Crippen LogP contribution in [0.2, 0.25) is 0 Å². The van der Waals surface area contributed by atoms with E-state index in [1.165, 1.54) is 0 Å². The van der Waals surface area contributed by atoms with Crippen LogP contribution >= 0.6 is 0 Å². The lowest BCUT2D eigenvalue weighted by atomic mass is 10.2. The van der Waals surface area contributed by atoms with Crippen LogP contribution in [-0.4, -0.2) is 26.8 Å². The normalized spacial score (nSPS) is 11.1. The third kappa shape index (κ3) is 6.02. The number of rotatable bonds is 10. The Labute approximate surface area is 140 Å². The number of H-pyrrole nitrogens is 1. The van der Waals surface area contributed by atoms with E-state index in [2.05, 4.69) is 22.4 Å². The van der Waals surface area contributed by atoms with Crippen LogP contribution in [0, 0.1) is 0 Å². The molecular weight excluding hydrogens is 312 g/mol. The van der Waals surface area contributed by atoms with Crippen molar-refractivity contribution in [2.45, 2.75) is 65.3 Å². The second kappa shape index (κ2) is 10.4. The molecule has 0 saturated heterocycles. The molecule has 1 amide bonds. The molecule has 0 spiro atoms. The molecule has 0 aliphatic rings. The molecule has 1 aromatic rings. The minimum absolute atomic E-state index is 0.152. The van der Waals surface area contributed by atoms with Gasteiger partial charge in [-0.2, -0.15) is 5.10 Å². The maximum absolute atomic E-state index is 11.8. The standard InChI is InChI=1S/C16H26N4O4/c1-3-5-7-8-10-20-15(23)12(14(22)18-16(20)24)11-17-19-13(21)9-6-4-2/h11,23H,3-10H2,1-2H3,(H,19,21)(H,18,22,24). The molecular formula is C16H26N4O4. The van der Waals surface area contributed by atoms with Gasteiger partial charge >= 0.3 is 5.69 Å². The second-order valence-electron chi connectivity index (χ2n) is 5.61. The zero-order valence-electron chi connectivity index (χ0n) is 14.3. The van der Waals surface area contributed by atoms with Crippen molar-refractivity contribution in [1.82, 2.24) is 15.0 Å². The molecule has 1 aromatic heterocycles. The van der Waals surface area contributed by atoms with E-state index in [9.17, 15) is 19.5 Å². The first-order valence-electron chi connectivity index (χ1n) is 8.39. The molecule has 0 aliphatic carbocycles. The van der Waals surface area contributed by atoms with E-state index >= 15 is 0 Å². The molecule has 0 radical (unpaired) electrons. The molecule has 8 heteroatoms. The Morgan fingerprint density at radius 1 is 1.21 bits per heavy atom. The summed E-state index contributed by atoms with van der Waals surface area (Å²) in [5.41, 5.74) is 0.745. The first kappa shape index (κ1) is 19.7. The predicted molar refractivity (Wildman–Crippen MR) is 92.4 cm³/mol. The lowest BCUT2D eigenvalue weighted by Gasteiger charge is -2.09. The van der Waals surface area contributed by atoms with Crippen LogP contribution in [0.5, 0.6) is 5.88 Å². The van der Waals surface area contributed by atoms with Crippen LogP contribution < -0.4 is 16.7 Å². The fraction of sp³-hybridized carbons (Fsp3) is 0.625. The Morgan fingerprint density at radius 2 is 1.92 bits per heavy atom. The van der Waals surface area contributed by atoms with Gasteiger partial charge < -0.3 is 5.11 Å². The summed E-state index contributed by atoms with van der Waals surface area (Å²) in [4.78, 5) is 37.2. The molecule has 0 unspecified atom stereocenters. The van der Waals surface area contributed by atoms with Crippen LogP contribution in [0.15, 0.2) is 14.7 Å². The van der Waals surface area contributed by atoms with Gasteiger partial charge in [-0.1, -0.05) is 39.5 Å². The fourth-order valence-corrected chi connectivity index (χ4v) is 2.16. The Hall–Kier alpha value is -2.38. The van der Waals surface area contributed by atoms with Gasteiger partial charge in [0.2, 0.25) is 11.8 Å². The quantitative estimate of drug-likeness (QED) is 0.340. The van der Waals surface area contributed by atoms with Gasteiger partial charge in [0.05, 0.1) is 6.21 Å². The van der Waals surface area contributed by atoms with Gasteiger partial charge in [-0.3, -0.25) is 19.1 Å². The van der Waals surface area contributed by atoms with Crippen molar-refractivity contribution in [3.8, 4) is 5.88 Å². The molecule has 0 fully saturated rings. The van der Waals surface area contributed by atoms with Crippen LogP contribution in [0.4, 0.5) is 0 Å². The maximum atomic E-state index is 11.8. The summed E-state index contributed by atoms with van der Waals surface area (Å²) in [5.74, 6) is -0.705. The molecule has 134 valence electrons. The van der Waals surface area contributed by atoms with Gasteiger partial charge in [0, 0.05) is 13.0 Å². The Morgan fingerprint density at radius 3 is 2.58 bits per heavy atom. The van der Waals surface area contributed by atoms with Crippen molar-refractivity contribution in [3.05, 3.63) is 26.4 Å². The summed E-state index contributed by atoms with van der Waals surface area (Å²) >= 11 is 0. The maximum Gasteiger partial charge on any atom is 0.331 e. The summed E-state index contributed by atoms with van der Waals surface area (Å²) in [6, 6.07) is 0. The highest BCUT2D eigenvalue weighted by molar-refractivity contribution is 5.83. The number of aromatic hydroxyl groups is 1. The minimum atomic E-state index is -0.742.